The van der Waals surface area contributed by atoms with Crippen molar-refractivity contribution in [2.75, 3.05) is 5.73 Å². The van der Waals surface area contributed by atoms with Crippen LogP contribution in [0.4, 0.5) is 10.1 Å². The first-order chi connectivity index (χ1) is 7.15. The lowest BCUT2D eigenvalue weighted by Crippen LogP contribution is -1.85. The van der Waals surface area contributed by atoms with Crippen molar-refractivity contribution in [3.8, 4) is 16.9 Å². The van der Waals surface area contributed by atoms with Crippen molar-refractivity contribution in [3.05, 3.63) is 48.3 Å². The summed E-state index contributed by atoms with van der Waals surface area (Å²) in [6, 6.07) is 11.0. The Labute approximate surface area is 86.8 Å². The highest BCUT2D eigenvalue weighted by Crippen LogP contribution is 2.25. The Balaban J connectivity index is 2.54. The largest absolute Gasteiger partial charge is 0.508 e. The van der Waals surface area contributed by atoms with E-state index in [0.717, 1.165) is 11.6 Å². The Morgan fingerprint density at radius 3 is 2.47 bits per heavy atom. The lowest BCUT2D eigenvalue weighted by molar-refractivity contribution is 0.469. The SMILES string of the molecule is Nc1cccc(-c2cc(O)cc(F)c2)c1. The smallest absolute Gasteiger partial charge is 0.127 e. The highest BCUT2D eigenvalue weighted by atomic mass is 19.1. The van der Waals surface area contributed by atoms with E-state index in [2.05, 4.69) is 0 Å². The maximum Gasteiger partial charge on any atom is 0.127 e. The van der Waals surface area contributed by atoms with Gasteiger partial charge in [0.1, 0.15) is 11.6 Å². The molecule has 2 nitrogen and oxygen atoms in total. The summed E-state index contributed by atoms with van der Waals surface area (Å²) in [4.78, 5) is 0. The Kier molecular flexibility index (Phi) is 2.29. The van der Waals surface area contributed by atoms with Crippen LogP contribution < -0.4 is 5.73 Å². The summed E-state index contributed by atoms with van der Waals surface area (Å²) in [6.45, 7) is 0. The van der Waals surface area contributed by atoms with Crippen molar-refractivity contribution in [2.24, 2.45) is 0 Å². The number of halogens is 1. The van der Waals surface area contributed by atoms with Gasteiger partial charge >= 0.3 is 0 Å². The number of anilines is 1. The number of rotatable bonds is 1. The summed E-state index contributed by atoms with van der Waals surface area (Å²) >= 11 is 0. The molecule has 0 aliphatic carbocycles. The number of phenolic OH excluding ortho intramolecular Hbond substituents is 1. The first kappa shape index (κ1) is 9.52. The molecule has 0 unspecified atom stereocenters. The molecule has 3 N–H and O–H groups in total. The highest BCUT2D eigenvalue weighted by molar-refractivity contribution is 5.68. The van der Waals surface area contributed by atoms with E-state index in [4.69, 9.17) is 5.73 Å². The van der Waals surface area contributed by atoms with Crippen LogP contribution in [0.2, 0.25) is 0 Å². The van der Waals surface area contributed by atoms with E-state index in [9.17, 15) is 9.50 Å². The second kappa shape index (κ2) is 3.61. The van der Waals surface area contributed by atoms with Crippen LogP contribution in [0.3, 0.4) is 0 Å². The third-order valence-corrected chi connectivity index (χ3v) is 2.10. The standard InChI is InChI=1S/C12H10FNO/c13-10-4-9(6-12(15)7-10)8-2-1-3-11(14)5-8/h1-7,15H,14H2. The molecule has 0 aromatic heterocycles. The van der Waals surface area contributed by atoms with E-state index in [0.29, 0.717) is 11.3 Å². The number of hydrogen-bond donors (Lipinski definition) is 2. The molecule has 0 aliphatic rings. The van der Waals surface area contributed by atoms with Gasteiger partial charge in [0.25, 0.3) is 0 Å². The molecular formula is C12H10FNO. The van der Waals surface area contributed by atoms with Crippen molar-refractivity contribution < 1.29 is 9.50 Å². The van der Waals surface area contributed by atoms with E-state index in [1.54, 1.807) is 18.2 Å². The zero-order chi connectivity index (χ0) is 10.8. The number of aromatic hydroxyl groups is 1. The van der Waals surface area contributed by atoms with E-state index in [1.807, 2.05) is 6.07 Å². The van der Waals surface area contributed by atoms with Gasteiger partial charge in [-0.2, -0.15) is 0 Å². The molecule has 2 rings (SSSR count). The number of benzene rings is 2. The Morgan fingerprint density at radius 2 is 1.80 bits per heavy atom. The lowest BCUT2D eigenvalue weighted by Gasteiger charge is -2.03. The van der Waals surface area contributed by atoms with Crippen LogP contribution in [0.15, 0.2) is 42.5 Å². The van der Waals surface area contributed by atoms with Gasteiger partial charge in [0.2, 0.25) is 0 Å². The topological polar surface area (TPSA) is 46.2 Å². The summed E-state index contributed by atoms with van der Waals surface area (Å²) < 4.78 is 13.0. The summed E-state index contributed by atoms with van der Waals surface area (Å²) in [5.41, 5.74) is 7.62. The predicted molar refractivity (Wildman–Crippen MR) is 57.9 cm³/mol. The minimum absolute atomic E-state index is 0.0903. The summed E-state index contributed by atoms with van der Waals surface area (Å²) in [5, 5.41) is 9.25. The quantitative estimate of drug-likeness (QED) is 0.700. The molecule has 0 aliphatic heterocycles. The molecule has 0 heterocycles. The maximum atomic E-state index is 13.0. The summed E-state index contributed by atoms with van der Waals surface area (Å²) in [6.07, 6.45) is 0. The lowest BCUT2D eigenvalue weighted by atomic mass is 10.0. The van der Waals surface area contributed by atoms with Gasteiger partial charge in [0.15, 0.2) is 0 Å². The van der Waals surface area contributed by atoms with Crippen molar-refractivity contribution in [1.82, 2.24) is 0 Å². The van der Waals surface area contributed by atoms with Gasteiger partial charge in [-0.05, 0) is 35.4 Å². The van der Waals surface area contributed by atoms with E-state index >= 15 is 0 Å². The first-order valence-electron chi connectivity index (χ1n) is 4.50. The van der Waals surface area contributed by atoms with Crippen molar-refractivity contribution in [3.63, 3.8) is 0 Å². The molecule has 15 heavy (non-hydrogen) atoms. The predicted octanol–water partition coefficient (Wildman–Crippen LogP) is 2.78. The summed E-state index contributed by atoms with van der Waals surface area (Å²) in [5.74, 6) is -0.556. The number of nitrogens with two attached hydrogens (primary N) is 1. The average molecular weight is 203 g/mol. The van der Waals surface area contributed by atoms with Gasteiger partial charge in [-0.25, -0.2) is 4.39 Å². The third kappa shape index (κ3) is 2.07. The number of hydrogen-bond acceptors (Lipinski definition) is 2. The summed E-state index contributed by atoms with van der Waals surface area (Å²) in [7, 11) is 0. The van der Waals surface area contributed by atoms with Crippen molar-refractivity contribution >= 4 is 5.69 Å². The molecule has 0 saturated carbocycles. The molecule has 2 aromatic rings. The van der Waals surface area contributed by atoms with Gasteiger partial charge in [-0.15, -0.1) is 0 Å². The fourth-order valence-electron chi connectivity index (χ4n) is 1.46. The molecule has 0 bridgehead atoms. The van der Waals surface area contributed by atoms with Crippen LogP contribution in [-0.2, 0) is 0 Å². The van der Waals surface area contributed by atoms with Crippen LogP contribution in [0, 0.1) is 5.82 Å². The Morgan fingerprint density at radius 1 is 1.00 bits per heavy atom. The number of nitrogen functional groups attached to an aromatic ring is 1. The first-order valence-corrected chi connectivity index (χ1v) is 4.50. The van der Waals surface area contributed by atoms with E-state index in [1.165, 1.54) is 12.1 Å². The zero-order valence-corrected chi connectivity index (χ0v) is 7.94. The average Bonchev–Trinajstić information content (AvgIpc) is 2.16. The minimum Gasteiger partial charge on any atom is -0.508 e. The van der Waals surface area contributed by atoms with Crippen LogP contribution in [0.1, 0.15) is 0 Å². The second-order valence-corrected chi connectivity index (χ2v) is 3.32. The minimum atomic E-state index is -0.465. The van der Waals surface area contributed by atoms with Gasteiger partial charge < -0.3 is 10.8 Å². The van der Waals surface area contributed by atoms with Crippen LogP contribution >= 0.6 is 0 Å². The molecule has 2 aromatic carbocycles. The molecular weight excluding hydrogens is 193 g/mol. The number of phenols is 1. The maximum absolute atomic E-state index is 13.0. The third-order valence-electron chi connectivity index (χ3n) is 2.10. The van der Waals surface area contributed by atoms with Gasteiger partial charge in [0, 0.05) is 11.8 Å². The molecule has 0 spiro atoms. The van der Waals surface area contributed by atoms with Crippen molar-refractivity contribution in [2.45, 2.75) is 0 Å². The van der Waals surface area contributed by atoms with Gasteiger partial charge in [-0.3, -0.25) is 0 Å². The molecule has 0 atom stereocenters. The Bertz CT molecular complexity index is 476. The van der Waals surface area contributed by atoms with Gasteiger partial charge in [0.05, 0.1) is 0 Å². The fraction of sp³-hybridized carbons (Fsp3) is 0. The van der Waals surface area contributed by atoms with Gasteiger partial charge in [-0.1, -0.05) is 12.1 Å². The zero-order valence-electron chi connectivity index (χ0n) is 7.94. The monoisotopic (exact) mass is 203 g/mol. The molecule has 0 saturated heterocycles. The second-order valence-electron chi connectivity index (χ2n) is 3.32. The molecule has 0 radical (unpaired) electrons. The molecule has 76 valence electrons. The highest BCUT2D eigenvalue weighted by Gasteiger charge is 2.02. The van der Waals surface area contributed by atoms with E-state index in [-0.39, 0.29) is 5.75 Å². The van der Waals surface area contributed by atoms with Crippen LogP contribution in [0.5, 0.6) is 5.75 Å². The van der Waals surface area contributed by atoms with Crippen LogP contribution in [0.25, 0.3) is 11.1 Å². The Hall–Kier alpha value is -2.03. The normalized spacial score (nSPS) is 10.2. The molecule has 0 amide bonds. The van der Waals surface area contributed by atoms with E-state index < -0.39 is 5.82 Å². The molecule has 0 fully saturated rings. The fourth-order valence-corrected chi connectivity index (χ4v) is 1.46. The van der Waals surface area contributed by atoms with Crippen molar-refractivity contribution in [1.29, 1.82) is 0 Å². The van der Waals surface area contributed by atoms with Crippen LogP contribution in [-0.4, -0.2) is 5.11 Å². The molecule has 3 heteroatoms.